The van der Waals surface area contributed by atoms with Crippen LogP contribution in [-0.4, -0.2) is 46.6 Å². The van der Waals surface area contributed by atoms with E-state index in [1.54, 1.807) is 6.92 Å². The van der Waals surface area contributed by atoms with E-state index in [0.717, 1.165) is 12.8 Å². The molecule has 98 valence electrons. The van der Waals surface area contributed by atoms with Gasteiger partial charge in [-0.15, -0.1) is 0 Å². The second-order valence-electron chi connectivity index (χ2n) is 4.72. The predicted octanol–water partition coefficient (Wildman–Crippen LogP) is 3.21. The fraction of sp³-hybridized carbons (Fsp3) is 0.929. The molecule has 0 fully saturated rings. The van der Waals surface area contributed by atoms with Gasteiger partial charge in [0.15, 0.2) is 5.78 Å². The molecule has 0 aromatic rings. The van der Waals surface area contributed by atoms with Crippen LogP contribution < -0.4 is 0 Å². The van der Waals surface area contributed by atoms with Gasteiger partial charge < -0.3 is 5.11 Å². The Morgan fingerprint density at radius 1 is 0.941 bits per heavy atom. The average molecular weight is 252 g/mol. The van der Waals surface area contributed by atoms with Gasteiger partial charge >= 0.3 is 29.6 Å². The van der Waals surface area contributed by atoms with Crippen LogP contribution in [0.3, 0.4) is 0 Å². The maximum absolute atomic E-state index is 11.1. The predicted molar refractivity (Wildman–Crippen MR) is 75.7 cm³/mol. The molecular weight excluding hydrogens is 223 g/mol. The number of rotatable bonds is 11. The summed E-state index contributed by atoms with van der Waals surface area (Å²) in [6.45, 7) is 3.79. The zero-order valence-corrected chi connectivity index (χ0v) is 11.0. The third-order valence-electron chi connectivity index (χ3n) is 2.99. The second-order valence-corrected chi connectivity index (χ2v) is 4.72. The number of aliphatic hydroxyl groups excluding tert-OH is 1. The van der Waals surface area contributed by atoms with Crippen LogP contribution in [0.15, 0.2) is 0 Å². The Kier molecular flexibility index (Phi) is 17.2. The van der Waals surface area contributed by atoms with Gasteiger partial charge in [-0.2, -0.15) is 0 Å². The molecule has 0 aromatic carbocycles. The van der Waals surface area contributed by atoms with Gasteiger partial charge in [0, 0.05) is 6.42 Å². The number of unbranched alkanes of at least 4 members (excludes halogenated alkanes) is 8. The molecule has 0 saturated carbocycles. The number of hydrogen-bond acceptors (Lipinski definition) is 2. The summed E-state index contributed by atoms with van der Waals surface area (Å²) in [5, 5.41) is 8.99. The van der Waals surface area contributed by atoms with Gasteiger partial charge in [0.25, 0.3) is 0 Å². The van der Waals surface area contributed by atoms with Crippen molar-refractivity contribution in [3.8, 4) is 0 Å². The van der Waals surface area contributed by atoms with Crippen LogP contribution in [0.2, 0.25) is 0 Å². The number of ketones is 1. The molecule has 0 aliphatic rings. The Balaban J connectivity index is 0. The molecule has 17 heavy (non-hydrogen) atoms. The molecule has 0 aliphatic heterocycles. The summed E-state index contributed by atoms with van der Waals surface area (Å²) in [4.78, 5) is 11.1. The number of hydrogen-bond donors (Lipinski definition) is 1. The van der Waals surface area contributed by atoms with Gasteiger partial charge in [-0.1, -0.05) is 58.3 Å². The van der Waals surface area contributed by atoms with E-state index in [4.69, 9.17) is 5.11 Å². The fourth-order valence-corrected chi connectivity index (χ4v) is 1.82. The SMILES string of the molecule is CCCCCCCCCCCC(=O)C(C)O.[NaH]. The summed E-state index contributed by atoms with van der Waals surface area (Å²) >= 11 is 0. The van der Waals surface area contributed by atoms with Gasteiger partial charge in [0.2, 0.25) is 0 Å². The molecule has 1 N–H and O–H groups in total. The third-order valence-corrected chi connectivity index (χ3v) is 2.99. The van der Waals surface area contributed by atoms with Crippen LogP contribution in [0.1, 0.15) is 78.1 Å². The van der Waals surface area contributed by atoms with Crippen LogP contribution in [0.5, 0.6) is 0 Å². The molecule has 0 spiro atoms. The van der Waals surface area contributed by atoms with Crippen molar-refractivity contribution in [2.75, 3.05) is 0 Å². The Bertz CT molecular complexity index is 170. The van der Waals surface area contributed by atoms with Crippen molar-refractivity contribution in [1.82, 2.24) is 0 Å². The number of aliphatic hydroxyl groups is 1. The molecule has 0 saturated heterocycles. The van der Waals surface area contributed by atoms with E-state index in [1.165, 1.54) is 44.9 Å². The number of carbonyl (C=O) groups is 1. The molecule has 0 rings (SSSR count). The summed E-state index contributed by atoms with van der Waals surface area (Å²) in [7, 11) is 0. The van der Waals surface area contributed by atoms with Crippen molar-refractivity contribution in [2.45, 2.75) is 84.2 Å². The molecule has 0 bridgehead atoms. The van der Waals surface area contributed by atoms with Crippen LogP contribution in [-0.2, 0) is 4.79 Å². The first kappa shape index (κ1) is 20.0. The van der Waals surface area contributed by atoms with Crippen LogP contribution >= 0.6 is 0 Å². The van der Waals surface area contributed by atoms with E-state index in [9.17, 15) is 4.79 Å². The molecule has 1 atom stereocenters. The normalized spacial score (nSPS) is 11.9. The Labute approximate surface area is 129 Å². The van der Waals surface area contributed by atoms with E-state index in [1.807, 2.05) is 0 Å². The Morgan fingerprint density at radius 2 is 1.35 bits per heavy atom. The average Bonchev–Trinajstić information content (AvgIpc) is 2.26. The molecule has 0 heterocycles. The monoisotopic (exact) mass is 252 g/mol. The Hall–Kier alpha value is 0.630. The zero-order chi connectivity index (χ0) is 12.2. The van der Waals surface area contributed by atoms with Crippen molar-refractivity contribution >= 4 is 35.3 Å². The molecule has 0 aliphatic carbocycles. The van der Waals surface area contributed by atoms with Gasteiger partial charge in [0.1, 0.15) is 6.10 Å². The van der Waals surface area contributed by atoms with Crippen molar-refractivity contribution in [3.63, 3.8) is 0 Å². The van der Waals surface area contributed by atoms with E-state index in [0.29, 0.717) is 6.42 Å². The van der Waals surface area contributed by atoms with E-state index < -0.39 is 6.10 Å². The molecule has 2 nitrogen and oxygen atoms in total. The molecular formula is C14H29NaO2. The van der Waals surface area contributed by atoms with Crippen molar-refractivity contribution in [3.05, 3.63) is 0 Å². The number of carbonyl (C=O) groups excluding carboxylic acids is 1. The first-order valence-electron chi connectivity index (χ1n) is 6.89. The second kappa shape index (κ2) is 14.7. The first-order chi connectivity index (χ1) is 7.68. The van der Waals surface area contributed by atoms with E-state index in [-0.39, 0.29) is 35.3 Å². The summed E-state index contributed by atoms with van der Waals surface area (Å²) in [5.74, 6) is -0.0112. The molecule has 1 unspecified atom stereocenters. The van der Waals surface area contributed by atoms with Gasteiger partial charge in [-0.3, -0.25) is 4.79 Å². The molecule has 0 amide bonds. The van der Waals surface area contributed by atoms with E-state index in [2.05, 4.69) is 6.92 Å². The van der Waals surface area contributed by atoms with Gasteiger partial charge in [-0.25, -0.2) is 0 Å². The third kappa shape index (κ3) is 14.6. The minimum atomic E-state index is -0.769. The zero-order valence-electron chi connectivity index (χ0n) is 11.0. The maximum atomic E-state index is 11.1. The topological polar surface area (TPSA) is 37.3 Å². The standard InChI is InChI=1S/C14H28O2.Na.H/c1-3-4-5-6-7-8-9-10-11-12-14(16)13(2)15;;/h13,15H,3-12H2,1-2H3;;. The van der Waals surface area contributed by atoms with E-state index >= 15 is 0 Å². The minimum absolute atomic E-state index is 0. The summed E-state index contributed by atoms with van der Waals surface area (Å²) in [5.41, 5.74) is 0. The molecule has 0 aromatic heterocycles. The Morgan fingerprint density at radius 3 is 1.76 bits per heavy atom. The fourth-order valence-electron chi connectivity index (χ4n) is 1.82. The summed E-state index contributed by atoms with van der Waals surface area (Å²) < 4.78 is 0. The summed E-state index contributed by atoms with van der Waals surface area (Å²) in [6, 6.07) is 0. The van der Waals surface area contributed by atoms with Gasteiger partial charge in [0.05, 0.1) is 0 Å². The van der Waals surface area contributed by atoms with Gasteiger partial charge in [-0.05, 0) is 13.3 Å². The first-order valence-corrected chi connectivity index (χ1v) is 6.89. The van der Waals surface area contributed by atoms with Crippen molar-refractivity contribution in [2.24, 2.45) is 0 Å². The summed E-state index contributed by atoms with van der Waals surface area (Å²) in [6.07, 6.45) is 11.1. The van der Waals surface area contributed by atoms with Crippen LogP contribution in [0, 0.1) is 0 Å². The number of Topliss-reactive ketones (excluding diaryl/α,β-unsaturated/α-hetero) is 1. The quantitative estimate of drug-likeness (QED) is 0.453. The molecule has 0 radical (unpaired) electrons. The van der Waals surface area contributed by atoms with Crippen LogP contribution in [0.25, 0.3) is 0 Å². The van der Waals surface area contributed by atoms with Crippen LogP contribution in [0.4, 0.5) is 0 Å². The molecule has 3 heteroatoms. The van der Waals surface area contributed by atoms with Crippen molar-refractivity contribution in [1.29, 1.82) is 0 Å². The van der Waals surface area contributed by atoms with Crippen molar-refractivity contribution < 1.29 is 9.90 Å².